The average Bonchev–Trinajstić information content (AvgIpc) is 3.35. The second kappa shape index (κ2) is 9.30. The highest BCUT2D eigenvalue weighted by molar-refractivity contribution is 9.11. The summed E-state index contributed by atoms with van der Waals surface area (Å²) in [5, 5.41) is 14.1. The van der Waals surface area contributed by atoms with Gasteiger partial charge in [0, 0.05) is 31.0 Å². The Kier molecular flexibility index (Phi) is 6.66. The Morgan fingerprint density at radius 1 is 1.25 bits per heavy atom. The number of anilines is 2. The molecule has 2 amide bonds. The van der Waals surface area contributed by atoms with E-state index in [0.29, 0.717) is 49.1 Å². The first kappa shape index (κ1) is 22.9. The third kappa shape index (κ3) is 4.73. The number of likely N-dealkylation sites (tertiary alicyclic amines) is 1. The Bertz CT molecular complexity index is 1060. The zero-order valence-electron chi connectivity index (χ0n) is 18.0. The average molecular weight is 520 g/mol. The number of amidine groups is 1. The van der Waals surface area contributed by atoms with E-state index in [1.165, 1.54) is 11.3 Å². The number of hydrogen-bond donors (Lipinski definition) is 3. The molecular weight excluding hydrogens is 494 g/mol. The molecule has 2 aromatic rings. The smallest absolute Gasteiger partial charge is 0.262 e. The van der Waals surface area contributed by atoms with Crippen LogP contribution in [0.15, 0.2) is 34.1 Å². The molecule has 32 heavy (non-hydrogen) atoms. The van der Waals surface area contributed by atoms with Gasteiger partial charge in [-0.2, -0.15) is 0 Å². The van der Waals surface area contributed by atoms with E-state index in [1.807, 2.05) is 48.0 Å². The molecule has 2 fully saturated rings. The van der Waals surface area contributed by atoms with Crippen LogP contribution in [0.25, 0.3) is 0 Å². The zero-order valence-corrected chi connectivity index (χ0v) is 20.4. The number of likely N-dealkylation sites (N-methyl/N-ethyl adjacent to an activating group) is 1. The third-order valence-electron chi connectivity index (χ3n) is 5.81. The molecule has 0 radical (unpaired) electrons. The van der Waals surface area contributed by atoms with Gasteiger partial charge in [-0.25, -0.2) is 0 Å². The van der Waals surface area contributed by atoms with Crippen molar-refractivity contribution in [3.63, 3.8) is 0 Å². The lowest BCUT2D eigenvalue weighted by molar-refractivity contribution is -0.121. The number of thiophene rings is 1. The molecule has 0 bridgehead atoms. The number of rotatable bonds is 5. The summed E-state index contributed by atoms with van der Waals surface area (Å²) in [6.45, 7) is 4.64. The number of nitrogens with zero attached hydrogens (tertiary/aromatic N) is 2. The Morgan fingerprint density at radius 3 is 2.69 bits per heavy atom. The minimum Gasteiger partial charge on any atom is -0.372 e. The van der Waals surface area contributed by atoms with Gasteiger partial charge in [0.05, 0.1) is 15.3 Å². The van der Waals surface area contributed by atoms with Gasteiger partial charge in [0.1, 0.15) is 18.0 Å². The predicted octanol–water partition coefficient (Wildman–Crippen LogP) is 3.08. The predicted molar refractivity (Wildman–Crippen MR) is 130 cm³/mol. The van der Waals surface area contributed by atoms with Gasteiger partial charge in [0.2, 0.25) is 0 Å². The number of morpholine rings is 1. The number of ether oxygens (including phenoxy) is 1. The van der Waals surface area contributed by atoms with E-state index in [9.17, 15) is 9.59 Å². The second-order valence-electron chi connectivity index (χ2n) is 8.23. The van der Waals surface area contributed by atoms with Gasteiger partial charge >= 0.3 is 0 Å². The number of carbonyl (C=O) groups is 2. The molecule has 170 valence electrons. The summed E-state index contributed by atoms with van der Waals surface area (Å²) in [5.74, 6) is -0.0485. The molecule has 0 spiro atoms. The lowest BCUT2D eigenvalue weighted by Gasteiger charge is -2.31. The Hall–Kier alpha value is -2.27. The van der Waals surface area contributed by atoms with Crippen LogP contribution in [0.3, 0.4) is 0 Å². The number of amides is 2. The molecule has 8 nitrogen and oxygen atoms in total. The van der Waals surface area contributed by atoms with Crippen molar-refractivity contribution >= 4 is 56.3 Å². The van der Waals surface area contributed by atoms with E-state index in [-0.39, 0.29) is 11.8 Å². The minimum absolute atomic E-state index is 0.225. The van der Waals surface area contributed by atoms with Gasteiger partial charge in [0.25, 0.3) is 11.8 Å². The van der Waals surface area contributed by atoms with Crippen molar-refractivity contribution in [2.45, 2.75) is 18.9 Å². The first-order valence-corrected chi connectivity index (χ1v) is 12.0. The van der Waals surface area contributed by atoms with Crippen LogP contribution in [0.4, 0.5) is 11.4 Å². The molecule has 3 heterocycles. The van der Waals surface area contributed by atoms with Crippen molar-refractivity contribution in [1.82, 2.24) is 10.2 Å². The summed E-state index contributed by atoms with van der Waals surface area (Å²) < 4.78 is 6.20. The normalized spacial score (nSPS) is 21.6. The SMILES string of the molecule is Cc1cc(NC(=O)C2(NC(=O)c3ccc(Br)s3)CCN(C)C2)ccc1N1CCOCC1=N. The number of hydrogen-bond acceptors (Lipinski definition) is 6. The zero-order chi connectivity index (χ0) is 22.9. The fourth-order valence-electron chi connectivity index (χ4n) is 4.15. The van der Waals surface area contributed by atoms with Crippen LogP contribution in [0.2, 0.25) is 0 Å². The Morgan fingerprint density at radius 2 is 2.06 bits per heavy atom. The molecule has 2 saturated heterocycles. The molecule has 1 unspecified atom stereocenters. The number of carbonyl (C=O) groups excluding carboxylic acids is 2. The second-order valence-corrected chi connectivity index (χ2v) is 10.7. The molecule has 0 saturated carbocycles. The summed E-state index contributed by atoms with van der Waals surface area (Å²) in [7, 11) is 1.94. The van der Waals surface area contributed by atoms with Crippen molar-refractivity contribution < 1.29 is 14.3 Å². The molecule has 1 aromatic carbocycles. The van der Waals surface area contributed by atoms with Crippen molar-refractivity contribution in [2.75, 3.05) is 50.1 Å². The number of halogens is 1. The summed E-state index contributed by atoms with van der Waals surface area (Å²) >= 11 is 4.72. The standard InChI is InChI=1S/C22H26BrN5O3S/c1-14-11-15(3-4-16(14)28-9-10-31-12-19(28)24)25-21(30)22(7-8-27(2)13-22)26-20(29)17-5-6-18(23)32-17/h3-6,11,24H,7-10,12-13H2,1-2H3,(H,25,30)(H,26,29). The van der Waals surface area contributed by atoms with Gasteiger partial charge in [-0.3, -0.25) is 15.0 Å². The fraction of sp³-hybridized carbons (Fsp3) is 0.409. The highest BCUT2D eigenvalue weighted by atomic mass is 79.9. The molecular formula is C22H26BrN5O3S. The van der Waals surface area contributed by atoms with Gasteiger partial charge in [-0.1, -0.05) is 0 Å². The van der Waals surface area contributed by atoms with Crippen molar-refractivity contribution in [2.24, 2.45) is 0 Å². The molecule has 3 N–H and O–H groups in total. The van der Waals surface area contributed by atoms with Gasteiger partial charge < -0.3 is 25.2 Å². The van der Waals surface area contributed by atoms with Crippen LogP contribution in [0, 0.1) is 12.3 Å². The van der Waals surface area contributed by atoms with E-state index < -0.39 is 5.54 Å². The van der Waals surface area contributed by atoms with E-state index in [0.717, 1.165) is 21.6 Å². The number of benzene rings is 1. The van der Waals surface area contributed by atoms with Crippen LogP contribution in [0.1, 0.15) is 21.7 Å². The molecule has 1 aromatic heterocycles. The Labute approximate surface area is 199 Å². The third-order valence-corrected chi connectivity index (χ3v) is 7.44. The molecule has 0 aliphatic carbocycles. The molecule has 2 aliphatic rings. The number of aryl methyl sites for hydroxylation is 1. The molecule has 4 rings (SSSR count). The van der Waals surface area contributed by atoms with Crippen LogP contribution in [-0.4, -0.2) is 68.0 Å². The Balaban J connectivity index is 1.51. The van der Waals surface area contributed by atoms with Crippen molar-refractivity contribution in [3.05, 3.63) is 44.6 Å². The molecule has 2 aliphatic heterocycles. The largest absolute Gasteiger partial charge is 0.372 e. The first-order valence-electron chi connectivity index (χ1n) is 10.4. The summed E-state index contributed by atoms with van der Waals surface area (Å²) in [6.07, 6.45) is 0.537. The first-order chi connectivity index (χ1) is 15.3. The maximum absolute atomic E-state index is 13.4. The van der Waals surface area contributed by atoms with Crippen LogP contribution < -0.4 is 15.5 Å². The lowest BCUT2D eigenvalue weighted by Crippen LogP contribution is -2.58. The molecule has 1 atom stereocenters. The monoisotopic (exact) mass is 519 g/mol. The van der Waals surface area contributed by atoms with Crippen LogP contribution in [0.5, 0.6) is 0 Å². The summed E-state index contributed by atoms with van der Waals surface area (Å²) in [4.78, 5) is 30.8. The highest BCUT2D eigenvalue weighted by Gasteiger charge is 2.45. The van der Waals surface area contributed by atoms with Gasteiger partial charge in [0.15, 0.2) is 0 Å². The fourth-order valence-corrected chi connectivity index (χ4v) is 5.43. The van der Waals surface area contributed by atoms with Gasteiger partial charge in [-0.05, 0) is 72.2 Å². The van der Waals surface area contributed by atoms with Crippen LogP contribution >= 0.6 is 27.3 Å². The van der Waals surface area contributed by atoms with Crippen molar-refractivity contribution in [1.29, 1.82) is 5.41 Å². The van der Waals surface area contributed by atoms with E-state index in [1.54, 1.807) is 6.07 Å². The lowest BCUT2D eigenvalue weighted by atomic mass is 9.96. The van der Waals surface area contributed by atoms with Crippen molar-refractivity contribution in [3.8, 4) is 0 Å². The highest BCUT2D eigenvalue weighted by Crippen LogP contribution is 2.28. The topological polar surface area (TPSA) is 97.8 Å². The van der Waals surface area contributed by atoms with E-state index in [2.05, 4.69) is 26.6 Å². The summed E-state index contributed by atoms with van der Waals surface area (Å²) in [5.41, 5.74) is 1.56. The number of nitrogens with one attached hydrogen (secondary N) is 3. The van der Waals surface area contributed by atoms with E-state index >= 15 is 0 Å². The summed E-state index contributed by atoms with van der Waals surface area (Å²) in [6, 6.07) is 9.24. The quantitative estimate of drug-likeness (QED) is 0.563. The van der Waals surface area contributed by atoms with Gasteiger partial charge in [-0.15, -0.1) is 11.3 Å². The molecule has 10 heteroatoms. The van der Waals surface area contributed by atoms with E-state index in [4.69, 9.17) is 10.1 Å². The maximum Gasteiger partial charge on any atom is 0.262 e. The maximum atomic E-state index is 13.4. The van der Waals surface area contributed by atoms with Crippen LogP contribution in [-0.2, 0) is 9.53 Å². The minimum atomic E-state index is -0.999.